The van der Waals surface area contributed by atoms with Crippen molar-refractivity contribution in [2.24, 2.45) is 33.5 Å². The summed E-state index contributed by atoms with van der Waals surface area (Å²) in [6, 6.07) is 0. The molecule has 3 saturated carbocycles. The average molecular weight is 389 g/mol. The van der Waals surface area contributed by atoms with Crippen LogP contribution in [0.2, 0.25) is 0 Å². The molecule has 0 radical (unpaired) electrons. The van der Waals surface area contributed by atoms with E-state index in [1.54, 1.807) is 6.08 Å². The first kappa shape index (κ1) is 20.9. The van der Waals surface area contributed by atoms with Gasteiger partial charge in [-0.25, -0.2) is 0 Å². The molecule has 28 heavy (non-hydrogen) atoms. The van der Waals surface area contributed by atoms with E-state index in [9.17, 15) is 20.2 Å². The number of aliphatic hydroxyl groups is 1. The third kappa shape index (κ3) is 2.13. The van der Waals surface area contributed by atoms with Crippen molar-refractivity contribution in [2.45, 2.75) is 72.5 Å². The number of carbonyl (C=O) groups is 2. The molecule has 154 valence electrons. The molecule has 6 heteroatoms. The molecule has 3 aliphatic rings. The van der Waals surface area contributed by atoms with Crippen LogP contribution in [0.5, 0.6) is 0 Å². The Morgan fingerprint density at radius 2 is 1.96 bits per heavy atom. The summed E-state index contributed by atoms with van der Waals surface area (Å²) in [7, 11) is 0. The molecule has 0 saturated heterocycles. The highest BCUT2D eigenvalue weighted by Crippen LogP contribution is 2.73. The minimum atomic E-state index is -0.926. The zero-order valence-electron chi connectivity index (χ0n) is 17.6. The topological polar surface area (TPSA) is 100 Å². The van der Waals surface area contributed by atoms with Crippen LogP contribution in [0.1, 0.15) is 60.3 Å². The maximum absolute atomic E-state index is 13.6. The zero-order chi connectivity index (χ0) is 21.1. The lowest BCUT2D eigenvalue weighted by atomic mass is 9.37. The van der Waals surface area contributed by atoms with Gasteiger partial charge in [-0.3, -0.25) is 9.59 Å². The molecule has 0 aromatic heterocycles. The van der Waals surface area contributed by atoms with Crippen molar-refractivity contribution in [1.29, 1.82) is 0 Å². The van der Waals surface area contributed by atoms with E-state index in [2.05, 4.69) is 18.3 Å². The third-order valence-corrected chi connectivity index (χ3v) is 9.41. The summed E-state index contributed by atoms with van der Waals surface area (Å²) >= 11 is 0. The van der Waals surface area contributed by atoms with Gasteiger partial charge in [-0.2, -0.15) is 4.79 Å². The number of nitrogens with zero attached hydrogens (tertiary/aromatic N) is 2. The average Bonchev–Trinajstić information content (AvgIpc) is 2.91. The van der Waals surface area contributed by atoms with E-state index in [0.29, 0.717) is 19.3 Å². The van der Waals surface area contributed by atoms with Gasteiger partial charge in [0.15, 0.2) is 0 Å². The predicted molar refractivity (Wildman–Crippen MR) is 104 cm³/mol. The van der Waals surface area contributed by atoms with Crippen molar-refractivity contribution < 1.29 is 24.2 Å². The fourth-order valence-electron chi connectivity index (χ4n) is 7.18. The van der Waals surface area contributed by atoms with Gasteiger partial charge in [0.1, 0.15) is 6.10 Å². The molecular formula is C22H32N2O4. The maximum Gasteiger partial charge on any atom is 0.335 e. The maximum atomic E-state index is 13.6. The summed E-state index contributed by atoms with van der Waals surface area (Å²) in [5, 5.41) is 11.5. The molecule has 0 heterocycles. The number of hydrogen-bond donors (Lipinski definition) is 1. The van der Waals surface area contributed by atoms with E-state index >= 15 is 0 Å². The van der Waals surface area contributed by atoms with Crippen molar-refractivity contribution in [2.75, 3.05) is 0 Å². The Morgan fingerprint density at radius 3 is 2.50 bits per heavy atom. The van der Waals surface area contributed by atoms with E-state index < -0.39 is 33.9 Å². The fourth-order valence-corrected chi connectivity index (χ4v) is 7.18. The summed E-state index contributed by atoms with van der Waals surface area (Å²) < 4.78 is 5.61. The number of rotatable bonds is 3. The van der Waals surface area contributed by atoms with Gasteiger partial charge in [0, 0.05) is 22.2 Å². The molecule has 0 unspecified atom stereocenters. The number of ether oxygens (including phenoxy) is 1. The van der Waals surface area contributed by atoms with E-state index in [4.69, 9.17) is 4.74 Å². The standard InChI is InChI=1S/C22H32N2O4/c1-7-19(4)11-16(26)20(5)13(2)8-9-22(14(3)18(19)28-12-25)10-15(24-23)17(27)21(20,22)6/h7,12-14,16,18,26H,1,8-11H2,2-6H3/t13-,14+,16+,18+,19-,20+,21+,22+/m1/s1. The van der Waals surface area contributed by atoms with Crippen molar-refractivity contribution in [1.82, 2.24) is 0 Å². The number of carbonyl (C=O) groups excluding carboxylic acids is 2. The first-order chi connectivity index (χ1) is 13.0. The van der Waals surface area contributed by atoms with Crippen LogP contribution >= 0.6 is 0 Å². The second kappa shape index (κ2) is 6.36. The van der Waals surface area contributed by atoms with Crippen molar-refractivity contribution in [3.05, 3.63) is 18.2 Å². The second-order valence-electron chi connectivity index (χ2n) is 9.93. The van der Waals surface area contributed by atoms with Crippen LogP contribution in [0, 0.1) is 33.5 Å². The Kier molecular flexibility index (Phi) is 4.76. The quantitative estimate of drug-likeness (QED) is 0.347. The van der Waals surface area contributed by atoms with Gasteiger partial charge in [-0.1, -0.05) is 40.7 Å². The molecule has 3 fully saturated rings. The SMILES string of the molecule is C=C[C@]1(C)C[C@H](O)[C@]2(C)[C@H](C)CC[C@]3(CC(=[N+]=[N-])C(=O)[C@]32C)[C@@H](C)[C@@H]1OC=O. The van der Waals surface area contributed by atoms with Gasteiger partial charge in [0.25, 0.3) is 6.47 Å². The molecule has 0 aromatic carbocycles. The van der Waals surface area contributed by atoms with E-state index in [0.717, 1.165) is 12.8 Å². The minimum absolute atomic E-state index is 0.104. The number of hydrogen-bond acceptors (Lipinski definition) is 4. The Morgan fingerprint density at radius 1 is 1.32 bits per heavy atom. The molecule has 3 aliphatic carbocycles. The van der Waals surface area contributed by atoms with Crippen molar-refractivity contribution in [3.63, 3.8) is 0 Å². The van der Waals surface area contributed by atoms with Crippen LogP contribution in [-0.4, -0.2) is 40.1 Å². The molecule has 2 bridgehead atoms. The Labute approximate surface area is 167 Å². The summed E-state index contributed by atoms with van der Waals surface area (Å²) in [4.78, 5) is 28.3. The summed E-state index contributed by atoms with van der Waals surface area (Å²) in [6.07, 6.45) is 2.67. The molecule has 0 aromatic rings. The molecule has 3 rings (SSSR count). The lowest BCUT2D eigenvalue weighted by molar-refractivity contribution is -0.232. The van der Waals surface area contributed by atoms with Gasteiger partial charge < -0.3 is 15.4 Å². The number of Topliss-reactive ketones (excluding diaryl/α,β-unsaturated/α-hetero) is 1. The van der Waals surface area contributed by atoms with Crippen molar-refractivity contribution in [3.8, 4) is 0 Å². The number of ketones is 1. The molecule has 1 N–H and O–H groups in total. The molecule has 0 amide bonds. The second-order valence-corrected chi connectivity index (χ2v) is 9.93. The van der Waals surface area contributed by atoms with Crippen LogP contribution in [0.15, 0.2) is 12.7 Å². The van der Waals surface area contributed by atoms with Crippen LogP contribution in [0.4, 0.5) is 0 Å². The summed E-state index contributed by atoms with van der Waals surface area (Å²) in [5.41, 5.74) is 6.88. The fraction of sp³-hybridized carbons (Fsp3) is 0.773. The van der Waals surface area contributed by atoms with Crippen LogP contribution in [-0.2, 0) is 14.3 Å². The Bertz CT molecular complexity index is 774. The Hall–Kier alpha value is -1.78. The van der Waals surface area contributed by atoms with Crippen LogP contribution in [0.3, 0.4) is 0 Å². The van der Waals surface area contributed by atoms with E-state index in [1.165, 1.54) is 0 Å². The first-order valence-corrected chi connectivity index (χ1v) is 10.2. The molecule has 8 atom stereocenters. The van der Waals surface area contributed by atoms with E-state index in [1.807, 2.05) is 27.7 Å². The summed E-state index contributed by atoms with van der Waals surface area (Å²) in [6.45, 7) is 14.4. The smallest absolute Gasteiger partial charge is 0.335 e. The minimum Gasteiger partial charge on any atom is -0.463 e. The highest BCUT2D eigenvalue weighted by Gasteiger charge is 2.77. The van der Waals surface area contributed by atoms with Gasteiger partial charge in [0.05, 0.1) is 17.9 Å². The highest BCUT2D eigenvalue weighted by molar-refractivity contribution is 6.42. The lowest BCUT2D eigenvalue weighted by Gasteiger charge is -2.66. The van der Waals surface area contributed by atoms with Crippen LogP contribution < -0.4 is 0 Å². The predicted octanol–water partition coefficient (Wildman–Crippen LogP) is 3.19. The lowest BCUT2D eigenvalue weighted by Crippen LogP contribution is -2.68. The molecule has 6 nitrogen and oxygen atoms in total. The third-order valence-electron chi connectivity index (χ3n) is 9.41. The van der Waals surface area contributed by atoms with Gasteiger partial charge >= 0.3 is 5.71 Å². The van der Waals surface area contributed by atoms with Crippen molar-refractivity contribution >= 4 is 18.0 Å². The number of aliphatic hydroxyl groups excluding tert-OH is 1. The monoisotopic (exact) mass is 388 g/mol. The first-order valence-electron chi connectivity index (χ1n) is 10.2. The van der Waals surface area contributed by atoms with Gasteiger partial charge in [-0.05, 0) is 25.2 Å². The van der Waals surface area contributed by atoms with Gasteiger partial charge in [-0.15, -0.1) is 6.58 Å². The normalized spacial score (nSPS) is 50.8. The zero-order valence-corrected chi connectivity index (χ0v) is 17.6. The Balaban J connectivity index is 2.37. The summed E-state index contributed by atoms with van der Waals surface area (Å²) in [5.74, 6) is -0.275. The largest absolute Gasteiger partial charge is 0.463 e. The van der Waals surface area contributed by atoms with E-state index in [-0.39, 0.29) is 23.3 Å². The van der Waals surface area contributed by atoms with Crippen LogP contribution in [0.25, 0.3) is 5.53 Å². The highest BCUT2D eigenvalue weighted by atomic mass is 16.5. The molecular weight excluding hydrogens is 356 g/mol. The molecule has 0 aliphatic heterocycles. The molecule has 0 spiro atoms. The van der Waals surface area contributed by atoms with Gasteiger partial charge in [0.2, 0.25) is 5.78 Å².